The number of carbonyl (C=O) groups excluding carboxylic acids is 1. The van der Waals surface area contributed by atoms with Gasteiger partial charge in [-0.25, -0.2) is 8.42 Å². The Bertz CT molecular complexity index is 862. The number of rotatable bonds is 7. The van der Waals surface area contributed by atoms with Gasteiger partial charge in [0.1, 0.15) is 0 Å². The van der Waals surface area contributed by atoms with Gasteiger partial charge in [0, 0.05) is 38.4 Å². The SMILES string of the molecule is Cc1ccccc1N(CCC(=O)Nc1ccc(N(C)C)cc1)S(C)(=O)=O. The van der Waals surface area contributed by atoms with Crippen LogP contribution in [0, 0.1) is 6.92 Å². The molecule has 2 aromatic rings. The highest BCUT2D eigenvalue weighted by molar-refractivity contribution is 7.92. The molecule has 0 aliphatic heterocycles. The van der Waals surface area contributed by atoms with Crippen LogP contribution in [0.2, 0.25) is 0 Å². The fraction of sp³-hybridized carbons (Fsp3) is 0.316. The van der Waals surface area contributed by atoms with Crippen LogP contribution in [-0.4, -0.2) is 41.2 Å². The van der Waals surface area contributed by atoms with E-state index in [1.807, 2.05) is 62.3 Å². The monoisotopic (exact) mass is 375 g/mol. The van der Waals surface area contributed by atoms with Crippen molar-refractivity contribution in [2.75, 3.05) is 41.4 Å². The lowest BCUT2D eigenvalue weighted by atomic mass is 10.2. The number of anilines is 3. The van der Waals surface area contributed by atoms with Gasteiger partial charge in [0.2, 0.25) is 15.9 Å². The van der Waals surface area contributed by atoms with E-state index >= 15 is 0 Å². The van der Waals surface area contributed by atoms with Crippen LogP contribution in [-0.2, 0) is 14.8 Å². The number of hydrogen-bond acceptors (Lipinski definition) is 4. The highest BCUT2D eigenvalue weighted by Crippen LogP contribution is 2.22. The Morgan fingerprint density at radius 2 is 1.65 bits per heavy atom. The van der Waals surface area contributed by atoms with E-state index in [0.29, 0.717) is 11.4 Å². The summed E-state index contributed by atoms with van der Waals surface area (Å²) < 4.78 is 25.6. The first-order chi connectivity index (χ1) is 12.2. The minimum atomic E-state index is -3.48. The average molecular weight is 375 g/mol. The number of nitrogens with one attached hydrogen (secondary N) is 1. The Balaban J connectivity index is 2.04. The summed E-state index contributed by atoms with van der Waals surface area (Å²) in [6, 6.07) is 14.7. The molecule has 0 spiro atoms. The molecule has 0 aliphatic rings. The molecule has 0 saturated carbocycles. The molecule has 140 valence electrons. The number of hydrogen-bond donors (Lipinski definition) is 1. The van der Waals surface area contributed by atoms with Crippen LogP contribution in [0.3, 0.4) is 0 Å². The highest BCUT2D eigenvalue weighted by Gasteiger charge is 2.20. The Morgan fingerprint density at radius 1 is 1.04 bits per heavy atom. The van der Waals surface area contributed by atoms with Crippen LogP contribution in [0.4, 0.5) is 17.1 Å². The fourth-order valence-electron chi connectivity index (χ4n) is 2.58. The van der Waals surface area contributed by atoms with Crippen LogP contribution >= 0.6 is 0 Å². The Hall–Kier alpha value is -2.54. The molecule has 7 heteroatoms. The summed E-state index contributed by atoms with van der Waals surface area (Å²) in [5.74, 6) is -0.232. The molecule has 26 heavy (non-hydrogen) atoms. The van der Waals surface area contributed by atoms with Gasteiger partial charge in [0.25, 0.3) is 0 Å². The number of benzene rings is 2. The van der Waals surface area contributed by atoms with Crippen molar-refractivity contribution in [3.05, 3.63) is 54.1 Å². The molecule has 1 N–H and O–H groups in total. The largest absolute Gasteiger partial charge is 0.378 e. The highest BCUT2D eigenvalue weighted by atomic mass is 32.2. The van der Waals surface area contributed by atoms with Crippen molar-refractivity contribution >= 4 is 33.0 Å². The van der Waals surface area contributed by atoms with Gasteiger partial charge in [0.15, 0.2) is 0 Å². The summed E-state index contributed by atoms with van der Waals surface area (Å²) in [5.41, 5.74) is 3.16. The third-order valence-electron chi connectivity index (χ3n) is 3.99. The van der Waals surface area contributed by atoms with Gasteiger partial charge in [-0.05, 0) is 42.8 Å². The molecule has 0 aromatic heterocycles. The average Bonchev–Trinajstić information content (AvgIpc) is 2.56. The summed E-state index contributed by atoms with van der Waals surface area (Å²) in [7, 11) is 0.410. The van der Waals surface area contributed by atoms with E-state index < -0.39 is 10.0 Å². The van der Waals surface area contributed by atoms with E-state index in [0.717, 1.165) is 17.5 Å². The molecular weight excluding hydrogens is 350 g/mol. The number of nitrogens with zero attached hydrogens (tertiary/aromatic N) is 2. The topological polar surface area (TPSA) is 69.7 Å². The summed E-state index contributed by atoms with van der Waals surface area (Å²) in [5, 5.41) is 2.80. The van der Waals surface area contributed by atoms with Gasteiger partial charge in [-0.15, -0.1) is 0 Å². The second-order valence-corrected chi connectivity index (χ2v) is 8.27. The normalized spacial score (nSPS) is 11.1. The van der Waals surface area contributed by atoms with Gasteiger partial charge < -0.3 is 10.2 Å². The van der Waals surface area contributed by atoms with Crippen LogP contribution in [0.5, 0.6) is 0 Å². The van der Waals surface area contributed by atoms with Crippen molar-refractivity contribution in [3.63, 3.8) is 0 Å². The Labute approximate surface area is 155 Å². The Morgan fingerprint density at radius 3 is 2.19 bits per heavy atom. The molecule has 0 unspecified atom stereocenters. The van der Waals surface area contributed by atoms with Gasteiger partial charge in [-0.1, -0.05) is 18.2 Å². The fourth-order valence-corrected chi connectivity index (χ4v) is 3.56. The summed E-state index contributed by atoms with van der Waals surface area (Å²) in [6.45, 7) is 1.94. The van der Waals surface area contributed by atoms with E-state index in [2.05, 4.69) is 5.32 Å². The van der Waals surface area contributed by atoms with E-state index in [9.17, 15) is 13.2 Å². The molecule has 0 bridgehead atoms. The first-order valence-electron chi connectivity index (χ1n) is 8.29. The lowest BCUT2D eigenvalue weighted by molar-refractivity contribution is -0.116. The molecule has 1 amide bonds. The van der Waals surface area contributed by atoms with Crippen molar-refractivity contribution in [3.8, 4) is 0 Å². The van der Waals surface area contributed by atoms with Gasteiger partial charge in [-0.3, -0.25) is 9.10 Å². The van der Waals surface area contributed by atoms with Crippen LogP contribution < -0.4 is 14.5 Å². The summed E-state index contributed by atoms with van der Waals surface area (Å²) in [6.07, 6.45) is 1.22. The molecule has 0 radical (unpaired) electrons. The molecule has 0 aliphatic carbocycles. The van der Waals surface area contributed by atoms with Crippen molar-refractivity contribution in [1.29, 1.82) is 0 Å². The van der Waals surface area contributed by atoms with Crippen molar-refractivity contribution in [2.24, 2.45) is 0 Å². The molecule has 0 atom stereocenters. The maximum absolute atomic E-state index is 12.2. The predicted molar refractivity (Wildman–Crippen MR) is 107 cm³/mol. The second kappa shape index (κ2) is 8.23. The minimum Gasteiger partial charge on any atom is -0.378 e. The zero-order valence-corrected chi connectivity index (χ0v) is 16.4. The van der Waals surface area contributed by atoms with Crippen LogP contribution in [0.25, 0.3) is 0 Å². The van der Waals surface area contributed by atoms with E-state index in [1.54, 1.807) is 12.1 Å². The Kier molecular flexibility index (Phi) is 6.26. The van der Waals surface area contributed by atoms with Crippen molar-refractivity contribution in [2.45, 2.75) is 13.3 Å². The van der Waals surface area contributed by atoms with E-state index in [4.69, 9.17) is 0 Å². The van der Waals surface area contributed by atoms with Crippen LogP contribution in [0.15, 0.2) is 48.5 Å². The standard InChI is InChI=1S/C19H25N3O3S/c1-15-7-5-6-8-18(15)22(26(4,24)25)14-13-19(23)20-16-9-11-17(12-10-16)21(2)3/h5-12H,13-14H2,1-4H3,(H,20,23). The van der Waals surface area contributed by atoms with Crippen molar-refractivity contribution < 1.29 is 13.2 Å². The third-order valence-corrected chi connectivity index (χ3v) is 5.17. The lowest BCUT2D eigenvalue weighted by Gasteiger charge is -2.24. The van der Waals surface area contributed by atoms with Crippen LogP contribution in [0.1, 0.15) is 12.0 Å². The zero-order valence-electron chi connectivity index (χ0n) is 15.6. The molecule has 6 nitrogen and oxygen atoms in total. The number of carbonyl (C=O) groups is 1. The van der Waals surface area contributed by atoms with E-state index in [-0.39, 0.29) is 18.9 Å². The number of sulfonamides is 1. The number of amides is 1. The van der Waals surface area contributed by atoms with Gasteiger partial charge in [0.05, 0.1) is 11.9 Å². The minimum absolute atomic E-state index is 0.0663. The quantitative estimate of drug-likeness (QED) is 0.808. The van der Waals surface area contributed by atoms with Crippen molar-refractivity contribution in [1.82, 2.24) is 0 Å². The lowest BCUT2D eigenvalue weighted by Crippen LogP contribution is -2.33. The second-order valence-electron chi connectivity index (χ2n) is 6.36. The van der Waals surface area contributed by atoms with Gasteiger partial charge in [-0.2, -0.15) is 0 Å². The smallest absolute Gasteiger partial charge is 0.232 e. The molecule has 0 heterocycles. The molecule has 0 saturated heterocycles. The maximum Gasteiger partial charge on any atom is 0.232 e. The third kappa shape index (κ3) is 5.23. The zero-order chi connectivity index (χ0) is 19.3. The number of para-hydroxylation sites is 1. The predicted octanol–water partition coefficient (Wildman–Crippen LogP) is 2.86. The molecule has 2 rings (SSSR count). The first kappa shape index (κ1) is 19.8. The summed E-state index contributed by atoms with van der Waals surface area (Å²) >= 11 is 0. The number of aryl methyl sites for hydroxylation is 1. The first-order valence-corrected chi connectivity index (χ1v) is 10.1. The maximum atomic E-state index is 12.2. The summed E-state index contributed by atoms with van der Waals surface area (Å²) in [4.78, 5) is 14.2. The molecule has 2 aromatic carbocycles. The molecular formula is C19H25N3O3S. The molecule has 0 fully saturated rings. The van der Waals surface area contributed by atoms with Gasteiger partial charge >= 0.3 is 0 Å². The van der Waals surface area contributed by atoms with E-state index in [1.165, 1.54) is 4.31 Å².